The molecule has 2 aromatic carbocycles. The van der Waals surface area contributed by atoms with Crippen LogP contribution in [0.2, 0.25) is 0 Å². The van der Waals surface area contributed by atoms with Crippen molar-refractivity contribution in [3.05, 3.63) is 77.1 Å². The SMILES string of the molecule is Cc1ccccc1Oc1nc(NS(=O)(=O)c2cnn(C)c2)nc(-c2c(C)cccc2C)c1C(F)(F)C(F)(F)F. The maximum Gasteiger partial charge on any atom is 0.458 e. The highest BCUT2D eigenvalue weighted by Gasteiger charge is 2.62. The van der Waals surface area contributed by atoms with Crippen LogP contribution in [0, 0.1) is 20.8 Å². The molecular formula is C25H22F5N5O3S. The Hall–Kier alpha value is -4.07. The molecule has 0 atom stereocenters. The van der Waals surface area contributed by atoms with Gasteiger partial charge in [-0.2, -0.15) is 32.0 Å². The van der Waals surface area contributed by atoms with Crippen LogP contribution < -0.4 is 9.46 Å². The van der Waals surface area contributed by atoms with E-state index in [1.54, 1.807) is 25.1 Å². The van der Waals surface area contributed by atoms with Gasteiger partial charge in [0.15, 0.2) is 0 Å². The summed E-state index contributed by atoms with van der Waals surface area (Å²) in [6.07, 6.45) is -3.88. The third-order valence-corrected chi connectivity index (χ3v) is 7.06. The molecule has 4 aromatic rings. The number of aryl methyl sites for hydroxylation is 4. The summed E-state index contributed by atoms with van der Waals surface area (Å²) in [4.78, 5) is 7.31. The molecule has 206 valence electrons. The zero-order valence-electron chi connectivity index (χ0n) is 21.0. The molecule has 0 spiro atoms. The predicted molar refractivity (Wildman–Crippen MR) is 132 cm³/mol. The molecule has 2 heterocycles. The van der Waals surface area contributed by atoms with Crippen molar-refractivity contribution in [2.75, 3.05) is 4.72 Å². The summed E-state index contributed by atoms with van der Waals surface area (Å²) in [6.45, 7) is 4.55. The lowest BCUT2D eigenvalue weighted by atomic mass is 9.94. The van der Waals surface area contributed by atoms with Gasteiger partial charge in [0.2, 0.25) is 11.8 Å². The van der Waals surface area contributed by atoms with Crippen LogP contribution in [0.5, 0.6) is 11.6 Å². The van der Waals surface area contributed by atoms with Gasteiger partial charge in [0.05, 0.1) is 11.9 Å². The van der Waals surface area contributed by atoms with Crippen molar-refractivity contribution in [1.29, 1.82) is 0 Å². The summed E-state index contributed by atoms with van der Waals surface area (Å²) in [5.74, 6) is -7.48. The van der Waals surface area contributed by atoms with Crippen LogP contribution in [0.4, 0.5) is 27.9 Å². The van der Waals surface area contributed by atoms with Crippen molar-refractivity contribution in [1.82, 2.24) is 19.7 Å². The number of hydrogen-bond acceptors (Lipinski definition) is 6. The van der Waals surface area contributed by atoms with Crippen molar-refractivity contribution in [3.63, 3.8) is 0 Å². The lowest BCUT2D eigenvalue weighted by molar-refractivity contribution is -0.289. The summed E-state index contributed by atoms with van der Waals surface area (Å²) >= 11 is 0. The van der Waals surface area contributed by atoms with Gasteiger partial charge in [-0.1, -0.05) is 36.4 Å². The van der Waals surface area contributed by atoms with Crippen molar-refractivity contribution in [2.24, 2.45) is 7.05 Å². The fourth-order valence-corrected chi connectivity index (χ4v) is 4.77. The first-order chi connectivity index (χ1) is 18.1. The second-order valence-corrected chi connectivity index (χ2v) is 10.4. The van der Waals surface area contributed by atoms with Crippen molar-refractivity contribution in [3.8, 4) is 22.9 Å². The van der Waals surface area contributed by atoms with E-state index in [2.05, 4.69) is 15.1 Å². The number of halogens is 5. The maximum atomic E-state index is 15.2. The molecule has 4 rings (SSSR count). The molecule has 0 unspecified atom stereocenters. The molecule has 0 saturated heterocycles. The van der Waals surface area contributed by atoms with E-state index in [1.807, 2.05) is 4.72 Å². The van der Waals surface area contributed by atoms with E-state index >= 15 is 8.78 Å². The molecule has 1 N–H and O–H groups in total. The van der Waals surface area contributed by atoms with Crippen LogP contribution in [0.1, 0.15) is 22.3 Å². The van der Waals surface area contributed by atoms with E-state index in [0.29, 0.717) is 16.7 Å². The number of nitrogens with zero attached hydrogens (tertiary/aromatic N) is 4. The third-order valence-electron chi connectivity index (χ3n) is 5.78. The van der Waals surface area contributed by atoms with Crippen LogP contribution in [-0.4, -0.2) is 34.3 Å². The Morgan fingerprint density at radius 1 is 0.897 bits per heavy atom. The second-order valence-electron chi connectivity index (χ2n) is 8.74. The molecule has 0 saturated carbocycles. The summed E-state index contributed by atoms with van der Waals surface area (Å²) in [6, 6.07) is 10.6. The molecule has 0 aliphatic carbocycles. The summed E-state index contributed by atoms with van der Waals surface area (Å²) < 4.78 is 107. The van der Waals surface area contributed by atoms with E-state index in [1.165, 1.54) is 49.8 Å². The standard InChI is InChI=1S/C25H22F5N5O3S/c1-14-8-5-6-11-18(14)38-22-20(24(26,27)25(28,29)30)21(19-15(2)9-7-10-16(19)3)32-23(33-22)34-39(36,37)17-12-31-35(4)13-17/h5-13H,1-4H3,(H,32,33,34). The van der Waals surface area contributed by atoms with Gasteiger partial charge in [-0.25, -0.2) is 18.1 Å². The van der Waals surface area contributed by atoms with Gasteiger partial charge >= 0.3 is 12.1 Å². The Kier molecular flexibility index (Phi) is 7.10. The molecule has 0 aliphatic heterocycles. The zero-order chi connectivity index (χ0) is 28.8. The summed E-state index contributed by atoms with van der Waals surface area (Å²) in [5, 5.41) is 3.78. The molecule has 39 heavy (non-hydrogen) atoms. The first-order valence-electron chi connectivity index (χ1n) is 11.3. The van der Waals surface area contributed by atoms with E-state index < -0.39 is 45.2 Å². The molecule has 0 radical (unpaired) electrons. The molecule has 0 amide bonds. The van der Waals surface area contributed by atoms with Crippen LogP contribution >= 0.6 is 0 Å². The Morgan fingerprint density at radius 3 is 2.08 bits per heavy atom. The van der Waals surface area contributed by atoms with Crippen LogP contribution in [-0.2, 0) is 23.0 Å². The number of para-hydroxylation sites is 1. The highest BCUT2D eigenvalue weighted by molar-refractivity contribution is 7.92. The topological polar surface area (TPSA) is 99.0 Å². The first kappa shape index (κ1) is 28.0. The molecule has 2 aromatic heterocycles. The number of hydrogen-bond donors (Lipinski definition) is 1. The predicted octanol–water partition coefficient (Wildman–Crippen LogP) is 6.05. The van der Waals surface area contributed by atoms with Crippen LogP contribution in [0.25, 0.3) is 11.3 Å². The number of alkyl halides is 5. The fraction of sp³-hybridized carbons (Fsp3) is 0.240. The van der Waals surface area contributed by atoms with Gasteiger partial charge in [-0.3, -0.25) is 4.68 Å². The van der Waals surface area contributed by atoms with Crippen molar-refractivity contribution >= 4 is 16.0 Å². The summed E-state index contributed by atoms with van der Waals surface area (Å²) in [5.41, 5.74) is -1.51. The zero-order valence-corrected chi connectivity index (χ0v) is 21.8. The molecule has 14 heteroatoms. The minimum absolute atomic E-state index is 0.0599. The van der Waals surface area contributed by atoms with Gasteiger partial charge in [0.25, 0.3) is 10.0 Å². The molecule has 0 fully saturated rings. The summed E-state index contributed by atoms with van der Waals surface area (Å²) in [7, 11) is -2.94. The van der Waals surface area contributed by atoms with Crippen molar-refractivity contribution in [2.45, 2.75) is 37.8 Å². The van der Waals surface area contributed by atoms with Gasteiger partial charge in [0.1, 0.15) is 16.2 Å². The van der Waals surface area contributed by atoms with E-state index in [0.717, 1.165) is 12.4 Å². The quantitative estimate of drug-likeness (QED) is 0.273. The van der Waals surface area contributed by atoms with Gasteiger partial charge in [-0.15, -0.1) is 0 Å². The van der Waals surface area contributed by atoms with Crippen LogP contribution in [0.15, 0.2) is 59.8 Å². The minimum atomic E-state index is -6.05. The maximum absolute atomic E-state index is 15.2. The second kappa shape index (κ2) is 9.91. The number of sulfonamides is 1. The Morgan fingerprint density at radius 2 is 1.51 bits per heavy atom. The monoisotopic (exact) mass is 567 g/mol. The minimum Gasteiger partial charge on any atom is -0.438 e. The Bertz CT molecular complexity index is 1630. The highest BCUT2D eigenvalue weighted by atomic mass is 32.2. The first-order valence-corrected chi connectivity index (χ1v) is 12.8. The van der Waals surface area contributed by atoms with E-state index in [4.69, 9.17) is 4.74 Å². The van der Waals surface area contributed by atoms with Gasteiger partial charge in [-0.05, 0) is 43.5 Å². The van der Waals surface area contributed by atoms with Gasteiger partial charge < -0.3 is 4.74 Å². The normalized spacial score (nSPS) is 12.4. The van der Waals surface area contributed by atoms with Crippen molar-refractivity contribution < 1.29 is 35.1 Å². The largest absolute Gasteiger partial charge is 0.458 e. The molecular weight excluding hydrogens is 545 g/mol. The lowest BCUT2D eigenvalue weighted by Crippen LogP contribution is -2.35. The number of benzene rings is 2. The Balaban J connectivity index is 2.06. The third kappa shape index (κ3) is 5.41. The van der Waals surface area contributed by atoms with Crippen LogP contribution in [0.3, 0.4) is 0 Å². The Labute approximate surface area is 220 Å². The average molecular weight is 568 g/mol. The molecule has 8 nitrogen and oxygen atoms in total. The molecule has 0 bridgehead atoms. The van der Waals surface area contributed by atoms with Gasteiger partial charge in [0, 0.05) is 18.8 Å². The number of rotatable bonds is 7. The fourth-order valence-electron chi connectivity index (χ4n) is 3.85. The van der Waals surface area contributed by atoms with E-state index in [-0.39, 0.29) is 16.2 Å². The lowest BCUT2D eigenvalue weighted by Gasteiger charge is -2.25. The number of aromatic nitrogens is 4. The van der Waals surface area contributed by atoms with E-state index in [9.17, 15) is 21.6 Å². The highest BCUT2D eigenvalue weighted by Crippen LogP contribution is 2.51. The number of ether oxygens (including phenoxy) is 1. The number of anilines is 1. The average Bonchev–Trinajstić information content (AvgIpc) is 3.26. The molecule has 0 aliphatic rings. The smallest absolute Gasteiger partial charge is 0.438 e. The number of nitrogens with one attached hydrogen (secondary N) is 1.